The van der Waals surface area contributed by atoms with Gasteiger partial charge in [-0.05, 0) is 0 Å². The number of hydrogen-bond acceptors (Lipinski definition) is 0. The molecule has 0 aliphatic rings. The van der Waals surface area contributed by atoms with Crippen LogP contribution in [0.3, 0.4) is 0 Å². The van der Waals surface area contributed by atoms with E-state index in [4.69, 9.17) is 0 Å². The van der Waals surface area contributed by atoms with Crippen molar-refractivity contribution in [3.63, 3.8) is 0 Å². The molecule has 0 atom stereocenters. The van der Waals surface area contributed by atoms with E-state index in [1.807, 2.05) is 0 Å². The summed E-state index contributed by atoms with van der Waals surface area (Å²) in [6.45, 7) is 0. The first kappa shape index (κ1) is 53.5. The molecule has 0 aromatic heterocycles. The Bertz CT molecular complexity index is 15.5. The molecule has 0 spiro atoms. The Morgan fingerprint density at radius 1 is 1.00 bits per heavy atom. The first-order valence-electron chi connectivity index (χ1n) is 0. The predicted octanol–water partition coefficient (Wildman–Crippen LogP) is -1.20. The zero-order valence-corrected chi connectivity index (χ0v) is 11.1. The SMILES string of the molecule is [AlH3].[Co].[Cr].[Fe].[Ta].[Zr]. The third kappa shape index (κ3) is 25.2. The number of hydrogen-bond donors (Lipinski definition) is 0. The Labute approximate surface area is 115 Å². The molecule has 0 aliphatic carbocycles. The van der Waals surface area contributed by atoms with E-state index in [1.165, 1.54) is 0 Å². The molecule has 0 bridgehead atoms. The molecule has 0 unspecified atom stereocenters. The quantitative estimate of drug-likeness (QED) is 0.392. The van der Waals surface area contributed by atoms with Crippen LogP contribution in [0, 0.1) is 0 Å². The summed E-state index contributed by atoms with van der Waals surface area (Å²) in [5.74, 6) is 0. The van der Waals surface area contributed by atoms with Crippen LogP contribution >= 0.6 is 0 Å². The fourth-order valence-corrected chi connectivity index (χ4v) is 0. The third-order valence-corrected chi connectivity index (χ3v) is 0. The van der Waals surface area contributed by atoms with Crippen molar-refractivity contribution in [2.24, 2.45) is 0 Å². The van der Waals surface area contributed by atoms with Crippen LogP contribution in [0.15, 0.2) is 0 Å². The zero-order valence-electron chi connectivity index (χ0n) is 2.04. The van der Waals surface area contributed by atoms with Gasteiger partial charge in [0, 0.05) is 99.8 Å². The average Bonchev–Trinajstić information content (AvgIpc) is 0. The van der Waals surface area contributed by atoms with Crippen molar-refractivity contribution in [1.82, 2.24) is 0 Å². The predicted molar refractivity (Wildman–Crippen MR) is 9.94 cm³/mol. The fraction of sp³-hybridized carbons (Fsp3) is 0. The van der Waals surface area contributed by atoms with Crippen LogP contribution in [-0.2, 0) is 99.8 Å². The monoisotopic (exact) mass is 468 g/mol. The summed E-state index contributed by atoms with van der Waals surface area (Å²) in [5, 5.41) is 0. The van der Waals surface area contributed by atoms with Crippen molar-refractivity contribution in [2.75, 3.05) is 0 Å². The Kier molecular flexibility index (Phi) is 335. The maximum absolute atomic E-state index is 0. The Hall–Kier alpha value is 3.71. The molecule has 0 fully saturated rings. The second-order valence-corrected chi connectivity index (χ2v) is 0. The molecule has 0 aromatic carbocycles. The first-order chi connectivity index (χ1) is 0. The molecular formula is H3AlCoCrFeTaZr. The second-order valence-electron chi connectivity index (χ2n) is 0. The molecule has 0 nitrogen and oxygen atoms in total. The van der Waals surface area contributed by atoms with Crippen LogP contribution < -0.4 is 0 Å². The normalized spacial score (nSPS) is 0. The standard InChI is InChI=1S/Al.Co.Cr.Fe.Ta.Zr.3H. The minimum absolute atomic E-state index is 0. The topological polar surface area (TPSA) is 0 Å². The molecular weight excluding hydrogens is 466 g/mol. The van der Waals surface area contributed by atoms with Gasteiger partial charge in [-0.15, -0.1) is 0 Å². The van der Waals surface area contributed by atoms with E-state index >= 15 is 0 Å². The summed E-state index contributed by atoms with van der Waals surface area (Å²) in [4.78, 5) is 0. The van der Waals surface area contributed by atoms with Crippen LogP contribution in [0.25, 0.3) is 0 Å². The fourth-order valence-electron chi connectivity index (χ4n) is 0. The van der Waals surface area contributed by atoms with Crippen molar-refractivity contribution >= 4 is 17.4 Å². The van der Waals surface area contributed by atoms with Gasteiger partial charge in [-0.25, -0.2) is 0 Å². The molecule has 2 radical (unpaired) electrons. The molecule has 0 N–H and O–H groups in total. The van der Waals surface area contributed by atoms with Gasteiger partial charge in [0.05, 0.1) is 0 Å². The van der Waals surface area contributed by atoms with Gasteiger partial charge < -0.3 is 0 Å². The van der Waals surface area contributed by atoms with Crippen molar-refractivity contribution in [3.8, 4) is 0 Å². The first-order valence-corrected chi connectivity index (χ1v) is 0. The smallest absolute Gasteiger partial charge is 0 e. The zero-order chi connectivity index (χ0) is 0. The van der Waals surface area contributed by atoms with Crippen molar-refractivity contribution < 1.29 is 99.8 Å². The van der Waals surface area contributed by atoms with Crippen LogP contribution in [-0.4, -0.2) is 17.4 Å². The Morgan fingerprint density at radius 2 is 1.00 bits per heavy atom. The van der Waals surface area contributed by atoms with Gasteiger partial charge in [-0.2, -0.15) is 0 Å². The van der Waals surface area contributed by atoms with E-state index in [9.17, 15) is 0 Å². The van der Waals surface area contributed by atoms with E-state index in [1.54, 1.807) is 0 Å². The second kappa shape index (κ2) is 37.6. The van der Waals surface area contributed by atoms with E-state index in [0.29, 0.717) is 0 Å². The van der Waals surface area contributed by atoms with Gasteiger partial charge in [0.2, 0.25) is 0 Å². The van der Waals surface area contributed by atoms with Crippen molar-refractivity contribution in [3.05, 3.63) is 0 Å². The van der Waals surface area contributed by atoms with Crippen molar-refractivity contribution in [1.29, 1.82) is 0 Å². The van der Waals surface area contributed by atoms with Crippen LogP contribution in [0.2, 0.25) is 0 Å². The minimum Gasteiger partial charge on any atom is 0 e. The Morgan fingerprint density at radius 3 is 1.00 bits per heavy atom. The molecule has 0 rings (SSSR count). The maximum atomic E-state index is 0. The molecule has 6 heteroatoms. The molecule has 0 saturated carbocycles. The minimum atomic E-state index is 0. The summed E-state index contributed by atoms with van der Waals surface area (Å²) < 4.78 is 0. The maximum Gasteiger partial charge on any atom is 0.187 e. The van der Waals surface area contributed by atoms with Gasteiger partial charge in [-0.1, -0.05) is 0 Å². The molecule has 0 aliphatic heterocycles. The van der Waals surface area contributed by atoms with E-state index in [0.717, 1.165) is 0 Å². The van der Waals surface area contributed by atoms with E-state index in [-0.39, 0.29) is 117 Å². The van der Waals surface area contributed by atoms with Gasteiger partial charge in [-0.3, -0.25) is 0 Å². The number of rotatable bonds is 0. The molecule has 0 amide bonds. The van der Waals surface area contributed by atoms with Crippen molar-refractivity contribution in [2.45, 2.75) is 0 Å². The molecule has 0 saturated heterocycles. The van der Waals surface area contributed by atoms with Gasteiger partial charge in [0.15, 0.2) is 17.4 Å². The van der Waals surface area contributed by atoms with E-state index < -0.39 is 0 Å². The van der Waals surface area contributed by atoms with Gasteiger partial charge in [0.1, 0.15) is 0 Å². The largest absolute Gasteiger partial charge is 0.187 e. The summed E-state index contributed by atoms with van der Waals surface area (Å²) in [7, 11) is 0. The van der Waals surface area contributed by atoms with Crippen LogP contribution in [0.4, 0.5) is 0 Å². The third-order valence-electron chi connectivity index (χ3n) is 0. The molecule has 0 aromatic rings. The summed E-state index contributed by atoms with van der Waals surface area (Å²) >= 11 is 0. The van der Waals surface area contributed by atoms with Crippen LogP contribution in [0.1, 0.15) is 0 Å². The van der Waals surface area contributed by atoms with Gasteiger partial charge >= 0.3 is 0 Å². The summed E-state index contributed by atoms with van der Waals surface area (Å²) in [6.07, 6.45) is 0. The summed E-state index contributed by atoms with van der Waals surface area (Å²) in [6, 6.07) is 0. The van der Waals surface area contributed by atoms with Gasteiger partial charge in [0.25, 0.3) is 0 Å². The molecule has 6 heavy (non-hydrogen) atoms. The Balaban J connectivity index is 0. The summed E-state index contributed by atoms with van der Waals surface area (Å²) in [5.41, 5.74) is 0. The average molecular weight is 469 g/mol. The molecule has 0 heterocycles. The molecule has 38 valence electrons. The van der Waals surface area contributed by atoms with E-state index in [2.05, 4.69) is 0 Å². The van der Waals surface area contributed by atoms with Crippen LogP contribution in [0.5, 0.6) is 0 Å².